The summed E-state index contributed by atoms with van der Waals surface area (Å²) < 4.78 is 11.1. The van der Waals surface area contributed by atoms with E-state index < -0.39 is 0 Å². The van der Waals surface area contributed by atoms with Crippen molar-refractivity contribution < 1.29 is 9.47 Å². The molecule has 4 nitrogen and oxygen atoms in total. The van der Waals surface area contributed by atoms with Crippen LogP contribution in [-0.4, -0.2) is 64.1 Å². The van der Waals surface area contributed by atoms with Gasteiger partial charge in [0.1, 0.15) is 0 Å². The van der Waals surface area contributed by atoms with E-state index in [9.17, 15) is 0 Å². The van der Waals surface area contributed by atoms with Crippen LogP contribution < -0.4 is 5.32 Å². The van der Waals surface area contributed by atoms with Crippen LogP contribution in [0.25, 0.3) is 0 Å². The topological polar surface area (TPSA) is 33.7 Å². The SMILES string of the molecule is CCCC1(CN(CCOCC)CCOCC)CCNCC1. The highest BCUT2D eigenvalue weighted by molar-refractivity contribution is 4.87. The van der Waals surface area contributed by atoms with Gasteiger partial charge in [-0.3, -0.25) is 4.90 Å². The molecular weight excluding hydrogens is 264 g/mol. The molecule has 1 fully saturated rings. The van der Waals surface area contributed by atoms with E-state index in [2.05, 4.69) is 31.0 Å². The highest BCUT2D eigenvalue weighted by Gasteiger charge is 2.32. The van der Waals surface area contributed by atoms with Crippen LogP contribution in [0.4, 0.5) is 0 Å². The zero-order chi connectivity index (χ0) is 15.4. The van der Waals surface area contributed by atoms with E-state index in [0.29, 0.717) is 5.41 Å². The average molecular weight is 300 g/mol. The van der Waals surface area contributed by atoms with E-state index >= 15 is 0 Å². The molecule has 1 aliphatic heterocycles. The van der Waals surface area contributed by atoms with Crippen LogP contribution in [0.2, 0.25) is 0 Å². The fourth-order valence-electron chi connectivity index (χ4n) is 3.39. The molecule has 0 aromatic carbocycles. The molecule has 1 heterocycles. The van der Waals surface area contributed by atoms with E-state index in [1.54, 1.807) is 0 Å². The largest absolute Gasteiger partial charge is 0.380 e. The molecular formula is C17H36N2O2. The molecule has 0 aromatic rings. The molecule has 0 unspecified atom stereocenters. The second-order valence-electron chi connectivity index (χ2n) is 6.17. The molecule has 1 aliphatic rings. The summed E-state index contributed by atoms with van der Waals surface area (Å²) in [5.74, 6) is 0. The number of hydrogen-bond acceptors (Lipinski definition) is 4. The maximum atomic E-state index is 5.56. The lowest BCUT2D eigenvalue weighted by molar-refractivity contribution is 0.0444. The molecule has 1 rings (SSSR count). The van der Waals surface area contributed by atoms with Gasteiger partial charge < -0.3 is 14.8 Å². The Bertz CT molecular complexity index is 227. The Labute approximate surface area is 131 Å². The molecule has 0 bridgehead atoms. The normalized spacial score (nSPS) is 18.3. The van der Waals surface area contributed by atoms with Gasteiger partial charge in [-0.25, -0.2) is 0 Å². The van der Waals surface area contributed by atoms with E-state index in [1.807, 2.05) is 0 Å². The van der Waals surface area contributed by atoms with E-state index in [-0.39, 0.29) is 0 Å². The summed E-state index contributed by atoms with van der Waals surface area (Å²) in [5, 5.41) is 3.51. The average Bonchev–Trinajstić information content (AvgIpc) is 2.49. The van der Waals surface area contributed by atoms with Crippen LogP contribution in [0.5, 0.6) is 0 Å². The van der Waals surface area contributed by atoms with E-state index in [1.165, 1.54) is 45.3 Å². The lowest BCUT2D eigenvalue weighted by Crippen LogP contribution is -2.46. The fraction of sp³-hybridized carbons (Fsp3) is 1.00. The molecule has 0 radical (unpaired) electrons. The van der Waals surface area contributed by atoms with Gasteiger partial charge >= 0.3 is 0 Å². The first kappa shape index (κ1) is 18.9. The number of rotatable bonds is 12. The van der Waals surface area contributed by atoms with Crippen LogP contribution >= 0.6 is 0 Å². The number of piperidine rings is 1. The Balaban J connectivity index is 2.52. The zero-order valence-electron chi connectivity index (χ0n) is 14.5. The molecule has 0 aromatic heterocycles. The second-order valence-corrected chi connectivity index (χ2v) is 6.17. The minimum atomic E-state index is 0.498. The molecule has 0 spiro atoms. The number of nitrogens with one attached hydrogen (secondary N) is 1. The van der Waals surface area contributed by atoms with Gasteiger partial charge in [-0.2, -0.15) is 0 Å². The summed E-state index contributed by atoms with van der Waals surface area (Å²) >= 11 is 0. The van der Waals surface area contributed by atoms with Gasteiger partial charge in [0.2, 0.25) is 0 Å². The molecule has 0 atom stereocenters. The van der Waals surface area contributed by atoms with Crippen molar-refractivity contribution in [3.63, 3.8) is 0 Å². The van der Waals surface area contributed by atoms with Gasteiger partial charge in [0, 0.05) is 32.8 Å². The van der Waals surface area contributed by atoms with Gasteiger partial charge in [-0.05, 0) is 51.6 Å². The van der Waals surface area contributed by atoms with Crippen LogP contribution in [0.15, 0.2) is 0 Å². The molecule has 126 valence electrons. The Kier molecular flexibility index (Phi) is 10.3. The third kappa shape index (κ3) is 7.59. The number of ether oxygens (including phenoxy) is 2. The zero-order valence-corrected chi connectivity index (χ0v) is 14.5. The first-order valence-electron chi connectivity index (χ1n) is 8.85. The lowest BCUT2D eigenvalue weighted by atomic mass is 9.75. The summed E-state index contributed by atoms with van der Waals surface area (Å²) in [6, 6.07) is 0. The van der Waals surface area contributed by atoms with E-state index in [0.717, 1.165) is 39.5 Å². The van der Waals surface area contributed by atoms with Crippen molar-refractivity contribution in [3.8, 4) is 0 Å². The quantitative estimate of drug-likeness (QED) is 0.562. The van der Waals surface area contributed by atoms with Crippen molar-refractivity contribution in [3.05, 3.63) is 0 Å². The van der Waals surface area contributed by atoms with Gasteiger partial charge in [0.05, 0.1) is 13.2 Å². The third-order valence-corrected chi connectivity index (χ3v) is 4.52. The van der Waals surface area contributed by atoms with Crippen molar-refractivity contribution in [1.82, 2.24) is 10.2 Å². The molecule has 21 heavy (non-hydrogen) atoms. The standard InChI is InChI=1S/C17H36N2O2/c1-4-7-17(8-10-18-11-9-17)16-19(12-14-20-5-2)13-15-21-6-3/h18H,4-16H2,1-3H3. The van der Waals surface area contributed by atoms with Gasteiger partial charge in [-0.1, -0.05) is 13.3 Å². The van der Waals surface area contributed by atoms with Crippen molar-refractivity contribution in [1.29, 1.82) is 0 Å². The van der Waals surface area contributed by atoms with Gasteiger partial charge in [0.25, 0.3) is 0 Å². The smallest absolute Gasteiger partial charge is 0.0593 e. The van der Waals surface area contributed by atoms with Crippen molar-refractivity contribution in [2.75, 3.05) is 59.2 Å². The summed E-state index contributed by atoms with van der Waals surface area (Å²) in [5.41, 5.74) is 0.498. The minimum Gasteiger partial charge on any atom is -0.380 e. The van der Waals surface area contributed by atoms with E-state index in [4.69, 9.17) is 9.47 Å². The maximum absolute atomic E-state index is 5.56. The van der Waals surface area contributed by atoms with Crippen LogP contribution in [0.1, 0.15) is 46.5 Å². The number of hydrogen-bond donors (Lipinski definition) is 1. The molecule has 0 amide bonds. The van der Waals surface area contributed by atoms with Gasteiger partial charge in [-0.15, -0.1) is 0 Å². The van der Waals surface area contributed by atoms with Crippen LogP contribution in [0, 0.1) is 5.41 Å². The van der Waals surface area contributed by atoms with Crippen molar-refractivity contribution in [2.24, 2.45) is 5.41 Å². The third-order valence-electron chi connectivity index (χ3n) is 4.52. The molecule has 4 heteroatoms. The van der Waals surface area contributed by atoms with Crippen molar-refractivity contribution >= 4 is 0 Å². The predicted molar refractivity (Wildman–Crippen MR) is 88.9 cm³/mol. The monoisotopic (exact) mass is 300 g/mol. The summed E-state index contributed by atoms with van der Waals surface area (Å²) in [6.45, 7) is 15.3. The Hall–Kier alpha value is -0.160. The van der Waals surface area contributed by atoms with Crippen molar-refractivity contribution in [2.45, 2.75) is 46.5 Å². The molecule has 0 saturated carbocycles. The van der Waals surface area contributed by atoms with Crippen LogP contribution in [-0.2, 0) is 9.47 Å². The van der Waals surface area contributed by atoms with Gasteiger partial charge in [0.15, 0.2) is 0 Å². The fourth-order valence-corrected chi connectivity index (χ4v) is 3.39. The minimum absolute atomic E-state index is 0.498. The molecule has 0 aliphatic carbocycles. The summed E-state index contributed by atoms with van der Waals surface area (Å²) in [4.78, 5) is 2.56. The highest BCUT2D eigenvalue weighted by atomic mass is 16.5. The molecule has 1 N–H and O–H groups in total. The Morgan fingerprint density at radius 1 is 0.952 bits per heavy atom. The maximum Gasteiger partial charge on any atom is 0.0593 e. The summed E-state index contributed by atoms with van der Waals surface area (Å²) in [7, 11) is 0. The first-order chi connectivity index (χ1) is 10.3. The highest BCUT2D eigenvalue weighted by Crippen LogP contribution is 2.34. The predicted octanol–water partition coefficient (Wildman–Crippen LogP) is 2.53. The lowest BCUT2D eigenvalue weighted by Gasteiger charge is -2.41. The number of nitrogens with zero attached hydrogens (tertiary/aromatic N) is 1. The first-order valence-corrected chi connectivity index (χ1v) is 8.85. The second kappa shape index (κ2) is 11.4. The Morgan fingerprint density at radius 3 is 2.00 bits per heavy atom. The van der Waals surface area contributed by atoms with Crippen LogP contribution in [0.3, 0.4) is 0 Å². The summed E-state index contributed by atoms with van der Waals surface area (Å²) in [6.07, 6.45) is 5.24. The Morgan fingerprint density at radius 2 is 1.52 bits per heavy atom. The molecule has 1 saturated heterocycles.